The Morgan fingerprint density at radius 1 is 1.10 bits per heavy atom. The van der Waals surface area contributed by atoms with Crippen LogP contribution in [-0.4, -0.2) is 44.3 Å². The molecule has 156 valence electrons. The van der Waals surface area contributed by atoms with Crippen LogP contribution >= 0.6 is 0 Å². The molecule has 1 saturated heterocycles. The molecule has 4 rings (SSSR count). The number of rotatable bonds is 6. The van der Waals surface area contributed by atoms with Crippen LogP contribution in [0.3, 0.4) is 0 Å². The molecular formula is C21H26N2O5S. The first-order valence-corrected chi connectivity index (χ1v) is 11.6. The van der Waals surface area contributed by atoms with E-state index in [0.29, 0.717) is 24.7 Å². The van der Waals surface area contributed by atoms with E-state index < -0.39 is 15.9 Å². The number of nitrogens with one attached hydrogen (secondary N) is 1. The highest BCUT2D eigenvalue weighted by atomic mass is 32.2. The molecule has 3 aliphatic rings. The van der Waals surface area contributed by atoms with Crippen molar-refractivity contribution in [3.63, 3.8) is 0 Å². The smallest absolute Gasteiger partial charge is 0.310 e. The van der Waals surface area contributed by atoms with E-state index in [-0.39, 0.29) is 29.3 Å². The Morgan fingerprint density at radius 2 is 1.90 bits per heavy atom. The molecule has 7 nitrogen and oxygen atoms in total. The zero-order valence-electron chi connectivity index (χ0n) is 16.2. The molecule has 0 radical (unpaired) electrons. The van der Waals surface area contributed by atoms with Crippen molar-refractivity contribution in [3.8, 4) is 0 Å². The van der Waals surface area contributed by atoms with Crippen LogP contribution in [-0.2, 0) is 24.3 Å². The van der Waals surface area contributed by atoms with Crippen molar-refractivity contribution in [1.82, 2.24) is 4.31 Å². The maximum Gasteiger partial charge on any atom is 0.310 e. The minimum Gasteiger partial charge on any atom is -0.455 e. The van der Waals surface area contributed by atoms with Gasteiger partial charge in [0.2, 0.25) is 10.0 Å². The Morgan fingerprint density at radius 3 is 2.59 bits per heavy atom. The number of nitrogens with zero attached hydrogens (tertiary/aromatic N) is 1. The second kappa shape index (κ2) is 8.28. The van der Waals surface area contributed by atoms with Crippen LogP contribution < -0.4 is 5.32 Å². The third kappa shape index (κ3) is 4.38. The molecule has 2 bridgehead atoms. The van der Waals surface area contributed by atoms with E-state index in [1.807, 2.05) is 0 Å². The summed E-state index contributed by atoms with van der Waals surface area (Å²) in [7, 11) is -3.57. The van der Waals surface area contributed by atoms with Gasteiger partial charge in [0, 0.05) is 18.8 Å². The van der Waals surface area contributed by atoms with E-state index in [0.717, 1.165) is 32.1 Å². The van der Waals surface area contributed by atoms with Crippen LogP contribution in [0.25, 0.3) is 0 Å². The maximum absolute atomic E-state index is 12.8. The zero-order valence-corrected chi connectivity index (χ0v) is 17.1. The fourth-order valence-electron chi connectivity index (χ4n) is 4.48. The first kappa shape index (κ1) is 20.1. The van der Waals surface area contributed by atoms with Crippen LogP contribution in [0.1, 0.15) is 32.1 Å². The van der Waals surface area contributed by atoms with E-state index in [1.165, 1.54) is 16.4 Å². The molecule has 0 aromatic heterocycles. The fourth-order valence-corrected chi connectivity index (χ4v) is 6.04. The quantitative estimate of drug-likeness (QED) is 0.566. The number of benzene rings is 1. The normalized spacial score (nSPS) is 26.4. The van der Waals surface area contributed by atoms with Crippen molar-refractivity contribution in [3.05, 3.63) is 36.4 Å². The van der Waals surface area contributed by atoms with Gasteiger partial charge in [0.1, 0.15) is 0 Å². The molecule has 8 heteroatoms. The van der Waals surface area contributed by atoms with Crippen LogP contribution in [0.15, 0.2) is 41.3 Å². The SMILES string of the molecule is O=C(COC(=O)[C@@H]1C[C@@H]2C=C[C@H]1C2)Nc1cccc(S(=O)(=O)N2CCCCC2)c1. The summed E-state index contributed by atoms with van der Waals surface area (Å²) in [5, 5.41) is 2.62. The molecule has 1 aromatic carbocycles. The van der Waals surface area contributed by atoms with E-state index >= 15 is 0 Å². The number of esters is 1. The summed E-state index contributed by atoms with van der Waals surface area (Å²) in [6.45, 7) is 0.666. The standard InChI is InChI=1S/C21H26N2O5S/c24-20(14-28-21(25)19-12-15-7-8-16(19)11-15)22-17-5-4-6-18(13-17)29(26,27)23-9-2-1-3-10-23/h4-8,13,15-16,19H,1-3,9-12,14H2,(H,22,24)/t15-,16+,19-/m1/s1. The number of carbonyl (C=O) groups is 2. The molecule has 1 amide bonds. The van der Waals surface area contributed by atoms with Crippen molar-refractivity contribution in [2.24, 2.45) is 17.8 Å². The lowest BCUT2D eigenvalue weighted by Crippen LogP contribution is -2.35. The molecule has 2 aliphatic carbocycles. The summed E-state index contributed by atoms with van der Waals surface area (Å²) < 4.78 is 32.3. The molecule has 0 unspecified atom stereocenters. The number of sulfonamides is 1. The Balaban J connectivity index is 1.33. The average Bonchev–Trinajstić information content (AvgIpc) is 3.37. The second-order valence-electron chi connectivity index (χ2n) is 8.04. The van der Waals surface area contributed by atoms with Gasteiger partial charge in [-0.15, -0.1) is 0 Å². The molecule has 1 aromatic rings. The number of anilines is 1. The van der Waals surface area contributed by atoms with Gasteiger partial charge in [-0.05, 0) is 55.7 Å². The molecule has 1 aliphatic heterocycles. The van der Waals surface area contributed by atoms with E-state index in [4.69, 9.17) is 4.74 Å². The lowest BCUT2D eigenvalue weighted by Gasteiger charge is -2.26. The fraction of sp³-hybridized carbons (Fsp3) is 0.524. The number of amides is 1. The van der Waals surface area contributed by atoms with Crippen LogP contribution in [0.5, 0.6) is 0 Å². The first-order valence-electron chi connectivity index (χ1n) is 10.2. The van der Waals surface area contributed by atoms with E-state index in [1.54, 1.807) is 12.1 Å². The third-order valence-electron chi connectivity index (χ3n) is 6.00. The monoisotopic (exact) mass is 418 g/mol. The van der Waals surface area contributed by atoms with E-state index in [2.05, 4.69) is 17.5 Å². The van der Waals surface area contributed by atoms with Crippen molar-refractivity contribution in [2.75, 3.05) is 25.0 Å². The number of fused-ring (bicyclic) bond motifs is 2. The second-order valence-corrected chi connectivity index (χ2v) is 9.97. The van der Waals surface area contributed by atoms with Crippen LogP contribution in [0.4, 0.5) is 5.69 Å². The molecular weight excluding hydrogens is 392 g/mol. The lowest BCUT2D eigenvalue weighted by atomic mass is 9.94. The highest BCUT2D eigenvalue weighted by molar-refractivity contribution is 7.89. The number of allylic oxidation sites excluding steroid dienone is 2. The van der Waals surface area contributed by atoms with Crippen LogP contribution in [0.2, 0.25) is 0 Å². The van der Waals surface area contributed by atoms with Gasteiger partial charge < -0.3 is 10.1 Å². The van der Waals surface area contributed by atoms with Crippen LogP contribution in [0, 0.1) is 17.8 Å². The third-order valence-corrected chi connectivity index (χ3v) is 7.89. The molecule has 29 heavy (non-hydrogen) atoms. The zero-order chi connectivity index (χ0) is 20.4. The summed E-state index contributed by atoms with van der Waals surface area (Å²) in [5.41, 5.74) is 0.368. The van der Waals surface area contributed by atoms with Gasteiger partial charge in [-0.2, -0.15) is 4.31 Å². The Bertz CT molecular complexity index is 921. The van der Waals surface area contributed by atoms with Gasteiger partial charge in [0.25, 0.3) is 5.91 Å². The summed E-state index contributed by atoms with van der Waals surface area (Å²) >= 11 is 0. The van der Waals surface area contributed by atoms with Gasteiger partial charge in [-0.1, -0.05) is 24.6 Å². The largest absolute Gasteiger partial charge is 0.455 e. The van der Waals surface area contributed by atoms with E-state index in [9.17, 15) is 18.0 Å². The Labute approximate surface area is 171 Å². The van der Waals surface area contributed by atoms with Gasteiger partial charge in [-0.25, -0.2) is 8.42 Å². The summed E-state index contributed by atoms with van der Waals surface area (Å²) in [6.07, 6.45) is 8.75. The molecule has 0 spiro atoms. The van der Waals surface area contributed by atoms with Gasteiger partial charge in [-0.3, -0.25) is 9.59 Å². The molecule has 1 N–H and O–H groups in total. The number of ether oxygens (including phenoxy) is 1. The minimum absolute atomic E-state index is 0.156. The molecule has 1 saturated carbocycles. The predicted molar refractivity (Wildman–Crippen MR) is 107 cm³/mol. The first-order chi connectivity index (χ1) is 13.9. The van der Waals surface area contributed by atoms with Crippen molar-refractivity contribution in [1.29, 1.82) is 0 Å². The lowest BCUT2D eigenvalue weighted by molar-refractivity contribution is -0.152. The number of hydrogen-bond donors (Lipinski definition) is 1. The Kier molecular flexibility index (Phi) is 5.74. The molecule has 2 fully saturated rings. The molecule has 3 atom stereocenters. The number of hydrogen-bond acceptors (Lipinski definition) is 5. The maximum atomic E-state index is 12.8. The van der Waals surface area contributed by atoms with Crippen molar-refractivity contribution >= 4 is 27.6 Å². The van der Waals surface area contributed by atoms with Crippen molar-refractivity contribution in [2.45, 2.75) is 37.0 Å². The highest BCUT2D eigenvalue weighted by Crippen LogP contribution is 2.43. The summed E-state index contributed by atoms with van der Waals surface area (Å²) in [4.78, 5) is 24.6. The number of carbonyl (C=O) groups excluding carboxylic acids is 2. The molecule has 1 heterocycles. The summed E-state index contributed by atoms with van der Waals surface area (Å²) in [5.74, 6) is -0.290. The highest BCUT2D eigenvalue weighted by Gasteiger charge is 2.40. The summed E-state index contributed by atoms with van der Waals surface area (Å²) in [6, 6.07) is 6.20. The topological polar surface area (TPSA) is 92.8 Å². The van der Waals surface area contributed by atoms with Gasteiger partial charge in [0.05, 0.1) is 10.8 Å². The number of piperidine rings is 1. The predicted octanol–water partition coefficient (Wildman–Crippen LogP) is 2.56. The van der Waals surface area contributed by atoms with Gasteiger partial charge >= 0.3 is 5.97 Å². The van der Waals surface area contributed by atoms with Gasteiger partial charge in [0.15, 0.2) is 6.61 Å². The van der Waals surface area contributed by atoms with Crippen molar-refractivity contribution < 1.29 is 22.7 Å². The Hall–Kier alpha value is -2.19. The minimum atomic E-state index is -3.57. The average molecular weight is 419 g/mol.